The van der Waals surface area contributed by atoms with E-state index in [9.17, 15) is 0 Å². The molecule has 19 heavy (non-hydrogen) atoms. The first-order valence-corrected chi connectivity index (χ1v) is 7.56. The second-order valence-corrected chi connectivity index (χ2v) is 6.35. The summed E-state index contributed by atoms with van der Waals surface area (Å²) in [5, 5.41) is 0. The summed E-state index contributed by atoms with van der Waals surface area (Å²) in [6.45, 7) is 10.5. The Labute approximate surface area is 144 Å². The van der Waals surface area contributed by atoms with Crippen molar-refractivity contribution in [2.45, 2.75) is 51.7 Å². The molecule has 1 radical (unpaired) electrons. The van der Waals surface area contributed by atoms with E-state index in [1.165, 1.54) is 32.5 Å². The summed E-state index contributed by atoms with van der Waals surface area (Å²) in [4.78, 5) is 4.74. The van der Waals surface area contributed by atoms with Gasteiger partial charge in [-0.1, -0.05) is 13.8 Å². The number of piperidine rings is 2. The molecule has 0 atom stereocenters. The topological polar surface area (TPSA) is 15.7 Å². The fourth-order valence-electron chi connectivity index (χ4n) is 3.06. The quantitative estimate of drug-likeness (QED) is 0.730. The normalized spacial score (nSPS) is 24.6. The van der Waals surface area contributed by atoms with E-state index in [-0.39, 0.29) is 32.7 Å². The maximum absolute atomic E-state index is 6.25. The predicted molar refractivity (Wildman–Crippen MR) is 75.3 cm³/mol. The van der Waals surface area contributed by atoms with E-state index < -0.39 is 0 Å². The Bertz CT molecular complexity index is 234. The molecule has 4 heteroatoms. The molecule has 0 unspecified atom stereocenters. The maximum Gasteiger partial charge on any atom is 0.0603 e. The van der Waals surface area contributed by atoms with Gasteiger partial charge in [0.1, 0.15) is 0 Å². The molecule has 109 valence electrons. The zero-order valence-corrected chi connectivity index (χ0v) is 15.5. The molecule has 0 saturated carbocycles. The van der Waals surface area contributed by atoms with Gasteiger partial charge in [0.05, 0.1) is 12.2 Å². The van der Waals surface area contributed by atoms with Crippen LogP contribution in [0.1, 0.15) is 39.5 Å². The van der Waals surface area contributed by atoms with Gasteiger partial charge in [0.2, 0.25) is 0 Å². The molecule has 3 nitrogen and oxygen atoms in total. The minimum Gasteiger partial charge on any atom is -0.459 e. The Morgan fingerprint density at radius 3 is 1.95 bits per heavy atom. The van der Waals surface area contributed by atoms with Crippen LogP contribution in [0.2, 0.25) is 0 Å². The molecule has 2 aliphatic rings. The predicted octanol–water partition coefficient (Wildman–Crippen LogP) is 2.38. The van der Waals surface area contributed by atoms with Crippen molar-refractivity contribution in [2.24, 2.45) is 5.92 Å². The Morgan fingerprint density at radius 2 is 1.47 bits per heavy atom. The minimum atomic E-state index is 0. The van der Waals surface area contributed by atoms with E-state index in [0.717, 1.165) is 31.8 Å². The van der Waals surface area contributed by atoms with E-state index in [1.807, 2.05) is 0 Å². The summed E-state index contributed by atoms with van der Waals surface area (Å²) < 4.78 is 6.25. The summed E-state index contributed by atoms with van der Waals surface area (Å²) in [6, 6.07) is 0. The van der Waals surface area contributed by atoms with Crippen LogP contribution in [-0.2, 0) is 37.4 Å². The molecule has 0 spiro atoms. The van der Waals surface area contributed by atoms with Crippen LogP contribution in [0.4, 0.5) is 0 Å². The fraction of sp³-hybridized carbons (Fsp3) is 0.933. The van der Waals surface area contributed by atoms with Gasteiger partial charge >= 0.3 is 0 Å². The molecule has 0 aliphatic carbocycles. The SMILES string of the molecule is [CH2-]N1CCC(OC2CCN(CC(C)C)CC2)CC1.[Y]. The molecule has 0 amide bonds. The van der Waals surface area contributed by atoms with Crippen LogP contribution >= 0.6 is 0 Å². The third-order valence-electron chi connectivity index (χ3n) is 4.08. The number of rotatable bonds is 4. The minimum absolute atomic E-state index is 0. The smallest absolute Gasteiger partial charge is 0.0603 e. The average Bonchev–Trinajstić information content (AvgIpc) is 2.34. The standard InChI is InChI=1S/C15H29N2O.Y/c1-13(2)12-17-10-6-15(7-11-17)18-14-4-8-16(3)9-5-14;/h13-15H,3-12H2,1-2H3;/q-1;. The zero-order valence-electron chi connectivity index (χ0n) is 12.7. The first-order chi connectivity index (χ1) is 8.63. The third kappa shape index (κ3) is 6.52. The average molecular weight is 342 g/mol. The van der Waals surface area contributed by atoms with Gasteiger partial charge in [-0.2, -0.15) is 0 Å². The van der Waals surface area contributed by atoms with Crippen LogP contribution in [0.25, 0.3) is 0 Å². The molecule has 2 saturated heterocycles. The van der Waals surface area contributed by atoms with Gasteiger partial charge in [0, 0.05) is 52.3 Å². The monoisotopic (exact) mass is 342 g/mol. The van der Waals surface area contributed by atoms with Crippen LogP contribution in [0.5, 0.6) is 0 Å². The number of likely N-dealkylation sites (tertiary alicyclic amines) is 2. The molecule has 0 N–H and O–H groups in total. The van der Waals surface area contributed by atoms with Crippen molar-refractivity contribution in [3.63, 3.8) is 0 Å². The van der Waals surface area contributed by atoms with Gasteiger partial charge in [0.25, 0.3) is 0 Å². The van der Waals surface area contributed by atoms with Crippen molar-refractivity contribution < 1.29 is 37.4 Å². The molecule has 2 rings (SSSR count). The van der Waals surface area contributed by atoms with Gasteiger partial charge in [-0.15, -0.1) is 0 Å². The van der Waals surface area contributed by atoms with Crippen molar-refractivity contribution >= 4 is 0 Å². The van der Waals surface area contributed by atoms with Gasteiger partial charge in [-0.05, 0) is 44.7 Å². The summed E-state index contributed by atoms with van der Waals surface area (Å²) in [5.74, 6) is 0.781. The number of hydrogen-bond donors (Lipinski definition) is 0. The van der Waals surface area contributed by atoms with E-state index in [1.54, 1.807) is 0 Å². The van der Waals surface area contributed by atoms with Gasteiger partial charge < -0.3 is 14.5 Å². The second kappa shape index (κ2) is 9.09. The van der Waals surface area contributed by atoms with Crippen molar-refractivity contribution in [1.82, 2.24) is 9.80 Å². The Hall–Kier alpha value is 0.984. The van der Waals surface area contributed by atoms with Crippen molar-refractivity contribution in [3.05, 3.63) is 7.05 Å². The summed E-state index contributed by atoms with van der Waals surface area (Å²) >= 11 is 0. The zero-order chi connectivity index (χ0) is 13.0. The van der Waals surface area contributed by atoms with Gasteiger partial charge in [-0.3, -0.25) is 7.05 Å². The number of ether oxygens (including phenoxy) is 1. The van der Waals surface area contributed by atoms with Crippen LogP contribution in [-0.4, -0.2) is 54.7 Å². The van der Waals surface area contributed by atoms with Crippen molar-refractivity contribution in [3.8, 4) is 0 Å². The Kier molecular flexibility index (Phi) is 8.63. The van der Waals surface area contributed by atoms with Gasteiger partial charge in [0.15, 0.2) is 0 Å². The van der Waals surface area contributed by atoms with Crippen LogP contribution in [0.15, 0.2) is 0 Å². The molecule has 2 heterocycles. The number of nitrogens with zero attached hydrogens (tertiary/aromatic N) is 2. The van der Waals surface area contributed by atoms with E-state index >= 15 is 0 Å². The summed E-state index contributed by atoms with van der Waals surface area (Å²) in [6.07, 6.45) is 5.76. The van der Waals surface area contributed by atoms with E-state index in [0.29, 0.717) is 12.2 Å². The molecule has 0 aromatic carbocycles. The first-order valence-electron chi connectivity index (χ1n) is 7.56. The summed E-state index contributed by atoms with van der Waals surface area (Å²) in [7, 11) is 3.99. The molecule has 2 fully saturated rings. The van der Waals surface area contributed by atoms with E-state index in [2.05, 4.69) is 30.7 Å². The third-order valence-corrected chi connectivity index (χ3v) is 4.08. The summed E-state index contributed by atoms with van der Waals surface area (Å²) in [5.41, 5.74) is 0. The molecule has 0 aromatic heterocycles. The first kappa shape index (κ1) is 18.0. The molecular weight excluding hydrogens is 313 g/mol. The van der Waals surface area contributed by atoms with Crippen LogP contribution < -0.4 is 0 Å². The van der Waals surface area contributed by atoms with Crippen molar-refractivity contribution in [2.75, 3.05) is 32.7 Å². The van der Waals surface area contributed by atoms with Gasteiger partial charge in [-0.25, -0.2) is 0 Å². The van der Waals surface area contributed by atoms with E-state index in [4.69, 9.17) is 4.74 Å². The Morgan fingerprint density at radius 1 is 1.00 bits per heavy atom. The molecule has 0 bridgehead atoms. The largest absolute Gasteiger partial charge is 0.459 e. The van der Waals surface area contributed by atoms with Crippen LogP contribution in [0.3, 0.4) is 0 Å². The molecular formula is C15H29N2OY-. The van der Waals surface area contributed by atoms with Crippen molar-refractivity contribution in [1.29, 1.82) is 0 Å². The maximum atomic E-state index is 6.25. The number of hydrogen-bond acceptors (Lipinski definition) is 3. The molecule has 0 aromatic rings. The molecule has 2 aliphatic heterocycles. The Balaban J connectivity index is 0.00000180. The second-order valence-electron chi connectivity index (χ2n) is 6.35. The fourth-order valence-corrected chi connectivity index (χ4v) is 3.06. The van der Waals surface area contributed by atoms with Crippen LogP contribution in [0, 0.1) is 13.0 Å².